The third-order valence-electron chi connectivity index (χ3n) is 2.48. The Balaban J connectivity index is 2.56. The quantitative estimate of drug-likeness (QED) is 0.809. The van der Waals surface area contributed by atoms with Gasteiger partial charge in [0.2, 0.25) is 5.91 Å². The number of aromatic hydroxyl groups is 1. The second-order valence-electron chi connectivity index (χ2n) is 3.58. The van der Waals surface area contributed by atoms with Crippen LogP contribution in [0.1, 0.15) is 13.3 Å². The summed E-state index contributed by atoms with van der Waals surface area (Å²) in [7, 11) is 0. The number of amides is 1. The van der Waals surface area contributed by atoms with E-state index in [1.54, 1.807) is 25.1 Å². The molecule has 0 aliphatic rings. The maximum Gasteiger partial charge on any atom is 0.224 e. The van der Waals surface area contributed by atoms with Crippen LogP contribution in [0, 0.1) is 0 Å². The molecule has 0 aliphatic heterocycles. The van der Waals surface area contributed by atoms with Crippen molar-refractivity contribution in [2.75, 3.05) is 5.32 Å². The molecule has 0 bridgehead atoms. The molecule has 0 aromatic heterocycles. The standard InChI is InChI=1S/C13H13NO2/c1-2-12(16)14-10-7-3-5-9-6-4-8-11(15)13(9)10/h3-8,15H,2H2,1H3,(H,14,16). The van der Waals surface area contributed by atoms with Gasteiger partial charge in [0.05, 0.1) is 5.69 Å². The fourth-order valence-electron chi connectivity index (χ4n) is 1.66. The summed E-state index contributed by atoms with van der Waals surface area (Å²) in [6.07, 6.45) is 0.421. The van der Waals surface area contributed by atoms with Crippen LogP contribution >= 0.6 is 0 Å². The highest BCUT2D eigenvalue weighted by Crippen LogP contribution is 2.31. The van der Waals surface area contributed by atoms with Gasteiger partial charge in [-0.2, -0.15) is 0 Å². The monoisotopic (exact) mass is 215 g/mol. The fourth-order valence-corrected chi connectivity index (χ4v) is 1.66. The van der Waals surface area contributed by atoms with Crippen molar-refractivity contribution in [2.24, 2.45) is 0 Å². The average molecular weight is 215 g/mol. The van der Waals surface area contributed by atoms with Crippen LogP contribution in [0.2, 0.25) is 0 Å². The Morgan fingerprint density at radius 2 is 1.94 bits per heavy atom. The van der Waals surface area contributed by atoms with Gasteiger partial charge in [0.15, 0.2) is 0 Å². The molecule has 16 heavy (non-hydrogen) atoms. The molecule has 82 valence electrons. The van der Waals surface area contributed by atoms with Crippen LogP contribution in [0.3, 0.4) is 0 Å². The highest BCUT2D eigenvalue weighted by atomic mass is 16.3. The van der Waals surface area contributed by atoms with Gasteiger partial charge in [-0.1, -0.05) is 31.2 Å². The molecule has 3 heteroatoms. The molecule has 0 atom stereocenters. The number of hydrogen-bond donors (Lipinski definition) is 2. The minimum Gasteiger partial charge on any atom is -0.507 e. The van der Waals surface area contributed by atoms with Crippen molar-refractivity contribution in [3.8, 4) is 5.75 Å². The number of carbonyl (C=O) groups excluding carboxylic acids is 1. The van der Waals surface area contributed by atoms with E-state index in [0.717, 1.165) is 5.39 Å². The Hall–Kier alpha value is -2.03. The second kappa shape index (κ2) is 4.23. The van der Waals surface area contributed by atoms with Gasteiger partial charge in [-0.25, -0.2) is 0 Å². The zero-order valence-electron chi connectivity index (χ0n) is 9.03. The second-order valence-corrected chi connectivity index (χ2v) is 3.58. The van der Waals surface area contributed by atoms with Crippen molar-refractivity contribution >= 4 is 22.4 Å². The van der Waals surface area contributed by atoms with Crippen molar-refractivity contribution in [1.82, 2.24) is 0 Å². The fraction of sp³-hybridized carbons (Fsp3) is 0.154. The summed E-state index contributed by atoms with van der Waals surface area (Å²) in [5.41, 5.74) is 0.655. The number of carbonyl (C=O) groups is 1. The van der Waals surface area contributed by atoms with Gasteiger partial charge in [-0.3, -0.25) is 4.79 Å². The lowest BCUT2D eigenvalue weighted by molar-refractivity contribution is -0.115. The van der Waals surface area contributed by atoms with Crippen molar-refractivity contribution < 1.29 is 9.90 Å². The summed E-state index contributed by atoms with van der Waals surface area (Å²) < 4.78 is 0. The molecular weight excluding hydrogens is 202 g/mol. The van der Waals surface area contributed by atoms with Crippen LogP contribution in [-0.4, -0.2) is 11.0 Å². The summed E-state index contributed by atoms with van der Waals surface area (Å²) >= 11 is 0. The lowest BCUT2D eigenvalue weighted by atomic mass is 10.1. The van der Waals surface area contributed by atoms with Gasteiger partial charge in [0, 0.05) is 11.8 Å². The highest BCUT2D eigenvalue weighted by Gasteiger charge is 2.07. The van der Waals surface area contributed by atoms with Crippen molar-refractivity contribution in [3.63, 3.8) is 0 Å². The number of phenolic OH excluding ortho intramolecular Hbond substituents is 1. The largest absolute Gasteiger partial charge is 0.507 e. The molecule has 0 radical (unpaired) electrons. The Labute approximate surface area is 93.7 Å². The zero-order chi connectivity index (χ0) is 11.5. The van der Waals surface area contributed by atoms with Crippen LogP contribution < -0.4 is 5.32 Å². The van der Waals surface area contributed by atoms with E-state index in [2.05, 4.69) is 5.32 Å². The third kappa shape index (κ3) is 1.84. The Morgan fingerprint density at radius 3 is 2.62 bits per heavy atom. The molecule has 2 aromatic rings. The van der Waals surface area contributed by atoms with Crippen LogP contribution in [0.25, 0.3) is 10.8 Å². The van der Waals surface area contributed by atoms with Gasteiger partial charge in [-0.15, -0.1) is 0 Å². The summed E-state index contributed by atoms with van der Waals surface area (Å²) in [4.78, 5) is 11.3. The molecule has 0 spiro atoms. The predicted octanol–water partition coefficient (Wildman–Crippen LogP) is 2.89. The number of fused-ring (bicyclic) bond motifs is 1. The van der Waals surface area contributed by atoms with Gasteiger partial charge in [0.25, 0.3) is 0 Å². The normalized spacial score (nSPS) is 10.3. The highest BCUT2D eigenvalue weighted by molar-refractivity contribution is 6.04. The lowest BCUT2D eigenvalue weighted by Crippen LogP contribution is -2.09. The molecule has 2 N–H and O–H groups in total. The predicted molar refractivity (Wildman–Crippen MR) is 64.5 cm³/mol. The zero-order valence-corrected chi connectivity index (χ0v) is 9.03. The van der Waals surface area contributed by atoms with Crippen LogP contribution in [0.4, 0.5) is 5.69 Å². The summed E-state index contributed by atoms with van der Waals surface area (Å²) in [5.74, 6) is 0.125. The first-order valence-electron chi connectivity index (χ1n) is 5.23. The molecule has 3 nitrogen and oxygen atoms in total. The van der Waals surface area contributed by atoms with Crippen molar-refractivity contribution in [3.05, 3.63) is 36.4 Å². The number of benzene rings is 2. The first-order chi connectivity index (χ1) is 7.72. The van der Waals surface area contributed by atoms with E-state index < -0.39 is 0 Å². The molecule has 0 saturated heterocycles. The maximum atomic E-state index is 11.3. The number of rotatable bonds is 2. The first kappa shape index (κ1) is 10.5. The topological polar surface area (TPSA) is 49.3 Å². The molecule has 1 amide bonds. The minimum atomic E-state index is -0.0595. The molecular formula is C13H13NO2. The molecule has 2 aromatic carbocycles. The number of nitrogens with one attached hydrogen (secondary N) is 1. The van der Waals surface area contributed by atoms with Crippen LogP contribution in [-0.2, 0) is 4.79 Å². The van der Waals surface area contributed by atoms with E-state index >= 15 is 0 Å². The summed E-state index contributed by atoms with van der Waals surface area (Å²) in [6, 6.07) is 10.8. The number of phenols is 1. The van der Waals surface area contributed by atoms with Crippen molar-refractivity contribution in [2.45, 2.75) is 13.3 Å². The molecule has 2 rings (SSSR count). The summed E-state index contributed by atoms with van der Waals surface area (Å²) in [6.45, 7) is 1.79. The molecule has 0 unspecified atom stereocenters. The Kier molecular flexibility index (Phi) is 2.77. The van der Waals surface area contributed by atoms with E-state index in [1.165, 1.54) is 0 Å². The lowest BCUT2D eigenvalue weighted by Gasteiger charge is -2.09. The van der Waals surface area contributed by atoms with E-state index in [-0.39, 0.29) is 11.7 Å². The maximum absolute atomic E-state index is 11.3. The smallest absolute Gasteiger partial charge is 0.224 e. The van der Waals surface area contributed by atoms with Crippen molar-refractivity contribution in [1.29, 1.82) is 0 Å². The van der Waals surface area contributed by atoms with Gasteiger partial charge < -0.3 is 10.4 Å². The number of anilines is 1. The van der Waals surface area contributed by atoms with E-state index in [9.17, 15) is 9.90 Å². The Morgan fingerprint density at radius 1 is 1.25 bits per heavy atom. The van der Waals surface area contributed by atoms with E-state index in [1.807, 2.05) is 18.2 Å². The van der Waals surface area contributed by atoms with E-state index in [0.29, 0.717) is 17.5 Å². The number of hydrogen-bond acceptors (Lipinski definition) is 2. The van der Waals surface area contributed by atoms with Gasteiger partial charge >= 0.3 is 0 Å². The van der Waals surface area contributed by atoms with Gasteiger partial charge in [-0.05, 0) is 17.5 Å². The van der Waals surface area contributed by atoms with E-state index in [4.69, 9.17) is 0 Å². The van der Waals surface area contributed by atoms with Crippen LogP contribution in [0.5, 0.6) is 5.75 Å². The van der Waals surface area contributed by atoms with Gasteiger partial charge in [0.1, 0.15) is 5.75 Å². The molecule has 0 heterocycles. The first-order valence-corrected chi connectivity index (χ1v) is 5.23. The SMILES string of the molecule is CCC(=O)Nc1cccc2cccc(O)c12. The third-order valence-corrected chi connectivity index (χ3v) is 2.48. The minimum absolute atomic E-state index is 0.0595. The molecule has 0 aliphatic carbocycles. The molecule has 0 fully saturated rings. The van der Waals surface area contributed by atoms with Crippen LogP contribution in [0.15, 0.2) is 36.4 Å². The molecule has 0 saturated carbocycles. The average Bonchev–Trinajstić information content (AvgIpc) is 2.29. The summed E-state index contributed by atoms with van der Waals surface area (Å²) in [5, 5.41) is 14.2. The Bertz CT molecular complexity index is 529.